The highest BCUT2D eigenvalue weighted by Gasteiger charge is 2.27. The molecule has 0 saturated carbocycles. The minimum Gasteiger partial charge on any atom is -0.363 e. The average molecular weight is 536 g/mol. The molecule has 9 nitrogen and oxygen atoms in total. The molecule has 1 aliphatic rings. The molecule has 2 amide bonds. The van der Waals surface area contributed by atoms with Gasteiger partial charge in [0.05, 0.1) is 28.8 Å². The van der Waals surface area contributed by atoms with Crippen molar-refractivity contribution in [3.05, 3.63) is 64.0 Å². The number of nitrogens with one attached hydrogen (secondary N) is 2. The van der Waals surface area contributed by atoms with E-state index >= 15 is 0 Å². The topological polar surface area (TPSA) is 103 Å². The number of thiophene rings is 1. The van der Waals surface area contributed by atoms with Gasteiger partial charge in [0.25, 0.3) is 5.91 Å². The van der Waals surface area contributed by atoms with Gasteiger partial charge in [-0.2, -0.15) is 11.3 Å². The maximum Gasteiger partial charge on any atom is 0.254 e. The van der Waals surface area contributed by atoms with Crippen LogP contribution in [0.15, 0.2) is 41.5 Å². The van der Waals surface area contributed by atoms with E-state index < -0.39 is 0 Å². The van der Waals surface area contributed by atoms with Gasteiger partial charge in [-0.15, -0.1) is 0 Å². The second-order valence-corrected chi connectivity index (χ2v) is 10.7. The summed E-state index contributed by atoms with van der Waals surface area (Å²) in [6, 6.07) is 6.86. The molecule has 38 heavy (non-hydrogen) atoms. The number of piperidine rings is 1. The fourth-order valence-electron chi connectivity index (χ4n) is 5.05. The number of anilines is 2. The molecule has 10 heteroatoms. The Labute approximate surface area is 228 Å². The molecule has 0 aromatic carbocycles. The van der Waals surface area contributed by atoms with E-state index in [9.17, 15) is 9.59 Å². The number of carbonyl (C=O) groups is 2. The zero-order chi connectivity index (χ0) is 27.1. The second kappa shape index (κ2) is 12.9. The molecule has 1 fully saturated rings. The summed E-state index contributed by atoms with van der Waals surface area (Å²) in [5.41, 5.74) is 4.34. The van der Waals surface area contributed by atoms with E-state index in [0.29, 0.717) is 41.4 Å². The fourth-order valence-corrected chi connectivity index (χ4v) is 5.71. The van der Waals surface area contributed by atoms with Crippen molar-refractivity contribution in [1.29, 1.82) is 0 Å². The number of aryl methyl sites for hydroxylation is 2. The first kappa shape index (κ1) is 27.7. The number of pyridine rings is 1. The largest absolute Gasteiger partial charge is 0.363 e. The van der Waals surface area contributed by atoms with E-state index in [1.807, 2.05) is 32.2 Å². The van der Waals surface area contributed by atoms with Crippen LogP contribution in [0.1, 0.15) is 60.4 Å². The Morgan fingerprint density at radius 3 is 2.47 bits per heavy atom. The van der Waals surface area contributed by atoms with Crippen LogP contribution < -0.4 is 15.5 Å². The third-order valence-corrected chi connectivity index (χ3v) is 7.91. The van der Waals surface area contributed by atoms with Crippen LogP contribution in [0, 0.1) is 13.8 Å². The summed E-state index contributed by atoms with van der Waals surface area (Å²) in [5, 5.41) is 10.1. The molecule has 1 aliphatic heterocycles. The van der Waals surface area contributed by atoms with Crippen molar-refractivity contribution in [1.82, 2.24) is 25.2 Å². The van der Waals surface area contributed by atoms with Crippen molar-refractivity contribution in [2.24, 2.45) is 0 Å². The number of aromatic nitrogens is 3. The third-order valence-electron chi connectivity index (χ3n) is 7.18. The van der Waals surface area contributed by atoms with Crippen LogP contribution in [0.5, 0.6) is 0 Å². The summed E-state index contributed by atoms with van der Waals surface area (Å²) in [5.74, 6) is 0.340. The van der Waals surface area contributed by atoms with Crippen LogP contribution >= 0.6 is 11.3 Å². The molecule has 0 unspecified atom stereocenters. The van der Waals surface area contributed by atoms with Gasteiger partial charge in [-0.1, -0.05) is 0 Å². The van der Waals surface area contributed by atoms with Gasteiger partial charge in [0.15, 0.2) is 0 Å². The van der Waals surface area contributed by atoms with Gasteiger partial charge in [0.2, 0.25) is 5.91 Å². The molecule has 1 atom stereocenters. The Bertz CT molecular complexity index is 1190. The Kier molecular flexibility index (Phi) is 9.41. The van der Waals surface area contributed by atoms with Gasteiger partial charge in [-0.05, 0) is 74.6 Å². The second-order valence-electron chi connectivity index (χ2n) is 9.92. The lowest BCUT2D eigenvalue weighted by Crippen LogP contribution is -2.48. The van der Waals surface area contributed by atoms with Crippen molar-refractivity contribution >= 4 is 34.7 Å². The summed E-state index contributed by atoms with van der Waals surface area (Å²) >= 11 is 1.71. The molecule has 2 N–H and O–H groups in total. The van der Waals surface area contributed by atoms with Gasteiger partial charge in [-0.3, -0.25) is 9.59 Å². The molecule has 4 heterocycles. The molecule has 3 aromatic rings. The Hall–Kier alpha value is -3.37. The summed E-state index contributed by atoms with van der Waals surface area (Å²) in [4.78, 5) is 41.8. The Balaban J connectivity index is 1.32. The lowest BCUT2D eigenvalue weighted by molar-refractivity contribution is -0.114. The minimum atomic E-state index is -0.124. The number of hydrogen-bond acceptors (Lipinski definition) is 8. The van der Waals surface area contributed by atoms with Gasteiger partial charge < -0.3 is 20.4 Å². The highest BCUT2D eigenvalue weighted by atomic mass is 32.1. The first-order valence-electron chi connectivity index (χ1n) is 13.1. The fraction of sp³-hybridized carbons (Fsp3) is 0.464. The predicted molar refractivity (Wildman–Crippen MR) is 152 cm³/mol. The predicted octanol–water partition coefficient (Wildman–Crippen LogP) is 4.19. The lowest BCUT2D eigenvalue weighted by Gasteiger charge is -2.41. The standard InChI is InChI=1S/C28H37N7O2S/c1-19(7-11-29-28(37)27-20(2)31-18-32-21(27)3)34-12-8-24(9-13-34)35(16-23-10-14-38-17-23)25-5-6-26(30-15-25)33-22(4)36/h5-6,10,14-15,17-19,24H,7-9,11-13,16H2,1-4H3,(H,29,37)(H,30,33,36)/t19-/m1/s1. The molecular formula is C28H37N7O2S. The van der Waals surface area contributed by atoms with E-state index in [1.165, 1.54) is 18.8 Å². The molecule has 0 bridgehead atoms. The maximum atomic E-state index is 12.7. The molecule has 0 spiro atoms. The third kappa shape index (κ3) is 7.14. The van der Waals surface area contributed by atoms with Crippen molar-refractivity contribution in [3.63, 3.8) is 0 Å². The summed E-state index contributed by atoms with van der Waals surface area (Å²) in [7, 11) is 0. The lowest BCUT2D eigenvalue weighted by atomic mass is 9.99. The molecule has 1 saturated heterocycles. The smallest absolute Gasteiger partial charge is 0.254 e. The minimum absolute atomic E-state index is 0.103. The summed E-state index contributed by atoms with van der Waals surface area (Å²) in [6.45, 7) is 10.9. The van der Waals surface area contributed by atoms with Crippen molar-refractivity contribution < 1.29 is 9.59 Å². The molecule has 202 valence electrons. The quantitative estimate of drug-likeness (QED) is 0.401. The number of hydrogen-bond donors (Lipinski definition) is 2. The van der Waals surface area contributed by atoms with Gasteiger partial charge >= 0.3 is 0 Å². The van der Waals surface area contributed by atoms with Crippen LogP contribution in [0.2, 0.25) is 0 Å². The van der Waals surface area contributed by atoms with E-state index in [4.69, 9.17) is 0 Å². The molecule has 4 rings (SSSR count). The monoisotopic (exact) mass is 535 g/mol. The zero-order valence-corrected chi connectivity index (χ0v) is 23.4. The number of carbonyl (C=O) groups excluding carboxylic acids is 2. The molecule has 3 aromatic heterocycles. The average Bonchev–Trinajstić information content (AvgIpc) is 3.41. The van der Waals surface area contributed by atoms with Gasteiger partial charge in [-0.25, -0.2) is 15.0 Å². The van der Waals surface area contributed by atoms with Crippen LogP contribution in [0.3, 0.4) is 0 Å². The van der Waals surface area contributed by atoms with Crippen LogP contribution in [0.4, 0.5) is 11.5 Å². The van der Waals surface area contributed by atoms with E-state index in [0.717, 1.165) is 44.6 Å². The van der Waals surface area contributed by atoms with E-state index in [2.05, 4.69) is 59.1 Å². The van der Waals surface area contributed by atoms with Gasteiger partial charge in [0, 0.05) is 45.2 Å². The SMILES string of the molecule is CC(=O)Nc1ccc(N(Cc2ccsc2)C2CCN([C@H](C)CCNC(=O)c3c(C)ncnc3C)CC2)cn1. The first-order valence-corrected chi connectivity index (χ1v) is 14.1. The molecule has 0 aliphatic carbocycles. The molecule has 0 radical (unpaired) electrons. The number of nitrogens with zero attached hydrogens (tertiary/aromatic N) is 5. The highest BCUT2D eigenvalue weighted by molar-refractivity contribution is 7.07. The van der Waals surface area contributed by atoms with Crippen molar-refractivity contribution in [2.45, 2.75) is 65.6 Å². The Morgan fingerprint density at radius 2 is 1.87 bits per heavy atom. The first-order chi connectivity index (χ1) is 18.3. The number of rotatable bonds is 10. The van der Waals surface area contributed by atoms with Crippen LogP contribution in [-0.4, -0.2) is 63.4 Å². The van der Waals surface area contributed by atoms with E-state index in [-0.39, 0.29) is 11.8 Å². The summed E-state index contributed by atoms with van der Waals surface area (Å²) < 4.78 is 0. The maximum absolute atomic E-state index is 12.7. The number of amides is 2. The van der Waals surface area contributed by atoms with Crippen LogP contribution in [0.25, 0.3) is 0 Å². The normalized spacial score (nSPS) is 15.2. The van der Waals surface area contributed by atoms with Gasteiger partial charge in [0.1, 0.15) is 12.1 Å². The van der Waals surface area contributed by atoms with E-state index in [1.54, 1.807) is 11.3 Å². The molecular weight excluding hydrogens is 498 g/mol. The highest BCUT2D eigenvalue weighted by Crippen LogP contribution is 2.27. The number of likely N-dealkylation sites (tertiary alicyclic amines) is 1. The van der Waals surface area contributed by atoms with Crippen molar-refractivity contribution in [3.8, 4) is 0 Å². The van der Waals surface area contributed by atoms with Crippen molar-refractivity contribution in [2.75, 3.05) is 29.9 Å². The summed E-state index contributed by atoms with van der Waals surface area (Å²) in [6.07, 6.45) is 6.33. The zero-order valence-electron chi connectivity index (χ0n) is 22.6. The van der Waals surface area contributed by atoms with Crippen LogP contribution in [-0.2, 0) is 11.3 Å². The Morgan fingerprint density at radius 1 is 1.13 bits per heavy atom.